The second-order valence-electron chi connectivity index (χ2n) is 2.13. The second-order valence-corrected chi connectivity index (χ2v) is 3.45. The summed E-state index contributed by atoms with van der Waals surface area (Å²) in [5.74, 6) is 1.93. The Labute approximate surface area is 71.0 Å². The van der Waals surface area contributed by atoms with Crippen molar-refractivity contribution in [3.05, 3.63) is 0 Å². The van der Waals surface area contributed by atoms with Crippen LogP contribution in [0.4, 0.5) is 0 Å². The average Bonchev–Trinajstić information content (AvgIpc) is 1.83. The molecule has 0 aliphatic rings. The van der Waals surface area contributed by atoms with Gasteiger partial charge in [-0.05, 0) is 24.5 Å². The van der Waals surface area contributed by atoms with Gasteiger partial charge in [0.05, 0.1) is 0 Å². The molecule has 0 aromatic rings. The summed E-state index contributed by atoms with van der Waals surface area (Å²) in [6.07, 6.45) is 2.61. The van der Waals surface area contributed by atoms with Gasteiger partial charge in [0.2, 0.25) is 0 Å². The molecular weight excluding hydrogens is 231 g/mol. The number of halogens is 1. The van der Waals surface area contributed by atoms with Gasteiger partial charge in [0.25, 0.3) is 0 Å². The molecule has 0 aromatic heterocycles. The van der Waals surface area contributed by atoms with E-state index in [1.165, 1.54) is 17.3 Å². The largest absolute Gasteiger partial charge is 0.179 e. The lowest BCUT2D eigenvalue weighted by molar-refractivity contribution is 0.596. The normalized spacial score (nSPS) is 13.9. The van der Waals surface area contributed by atoms with E-state index in [2.05, 4.69) is 42.1 Å². The summed E-state index contributed by atoms with van der Waals surface area (Å²) >= 11 is 6.56. The zero-order chi connectivity index (χ0) is 6.41. The van der Waals surface area contributed by atoms with Crippen LogP contribution in [0.5, 0.6) is 0 Å². The zero-order valence-electron chi connectivity index (χ0n) is 5.23. The van der Waals surface area contributed by atoms with Crippen LogP contribution in [-0.4, -0.2) is 10.2 Å². The monoisotopic (exact) mass is 244 g/mol. The molecule has 0 amide bonds. The van der Waals surface area contributed by atoms with E-state index in [1.807, 2.05) is 0 Å². The molecule has 8 heavy (non-hydrogen) atoms. The maximum absolute atomic E-state index is 4.13. The summed E-state index contributed by atoms with van der Waals surface area (Å²) in [6, 6.07) is 0. The molecule has 0 nitrogen and oxygen atoms in total. The molecule has 0 aromatic carbocycles. The van der Waals surface area contributed by atoms with Gasteiger partial charge in [0, 0.05) is 4.43 Å². The number of thiol groups is 1. The van der Waals surface area contributed by atoms with Crippen LogP contribution < -0.4 is 0 Å². The first-order valence-electron chi connectivity index (χ1n) is 2.98. The summed E-state index contributed by atoms with van der Waals surface area (Å²) in [7, 11) is 0. The summed E-state index contributed by atoms with van der Waals surface area (Å²) in [4.78, 5) is 0. The SMILES string of the molecule is CC(CI)CCCS. The summed E-state index contributed by atoms with van der Waals surface area (Å²) in [5.41, 5.74) is 0. The van der Waals surface area contributed by atoms with Gasteiger partial charge in [-0.3, -0.25) is 0 Å². The fraction of sp³-hybridized carbons (Fsp3) is 1.00. The van der Waals surface area contributed by atoms with Crippen LogP contribution in [0.15, 0.2) is 0 Å². The van der Waals surface area contributed by atoms with Gasteiger partial charge in [0.15, 0.2) is 0 Å². The van der Waals surface area contributed by atoms with Crippen molar-refractivity contribution in [2.24, 2.45) is 5.92 Å². The van der Waals surface area contributed by atoms with Crippen molar-refractivity contribution in [1.29, 1.82) is 0 Å². The molecule has 0 radical (unpaired) electrons. The van der Waals surface area contributed by atoms with Gasteiger partial charge in [-0.15, -0.1) is 0 Å². The van der Waals surface area contributed by atoms with Gasteiger partial charge in [-0.1, -0.05) is 29.5 Å². The number of hydrogen-bond donors (Lipinski definition) is 1. The lowest BCUT2D eigenvalue weighted by Gasteiger charge is -2.03. The van der Waals surface area contributed by atoms with Crippen molar-refractivity contribution in [3.63, 3.8) is 0 Å². The van der Waals surface area contributed by atoms with E-state index in [-0.39, 0.29) is 0 Å². The van der Waals surface area contributed by atoms with E-state index < -0.39 is 0 Å². The van der Waals surface area contributed by atoms with E-state index in [0.29, 0.717) is 0 Å². The van der Waals surface area contributed by atoms with E-state index >= 15 is 0 Å². The molecule has 50 valence electrons. The van der Waals surface area contributed by atoms with Crippen LogP contribution in [0.2, 0.25) is 0 Å². The molecule has 0 N–H and O–H groups in total. The van der Waals surface area contributed by atoms with Gasteiger partial charge in [0.1, 0.15) is 0 Å². The predicted molar refractivity (Wildman–Crippen MR) is 51.1 cm³/mol. The molecule has 1 atom stereocenters. The Hall–Kier alpha value is 1.08. The van der Waals surface area contributed by atoms with Crippen LogP contribution >= 0.6 is 35.2 Å². The fourth-order valence-electron chi connectivity index (χ4n) is 0.517. The Kier molecular flexibility index (Phi) is 7.04. The molecule has 0 fully saturated rings. The predicted octanol–water partition coefficient (Wildman–Crippen LogP) is 2.77. The molecule has 2 heteroatoms. The molecule has 0 aliphatic heterocycles. The molecule has 0 saturated heterocycles. The quantitative estimate of drug-likeness (QED) is 0.439. The minimum absolute atomic E-state index is 0.891. The molecule has 0 heterocycles. The van der Waals surface area contributed by atoms with E-state index in [0.717, 1.165) is 11.7 Å². The Morgan fingerprint density at radius 1 is 1.62 bits per heavy atom. The lowest BCUT2D eigenvalue weighted by Crippen LogP contribution is -1.94. The number of hydrogen-bond acceptors (Lipinski definition) is 1. The van der Waals surface area contributed by atoms with Crippen LogP contribution in [-0.2, 0) is 0 Å². The Morgan fingerprint density at radius 3 is 2.62 bits per heavy atom. The maximum atomic E-state index is 4.13. The van der Waals surface area contributed by atoms with Crippen molar-refractivity contribution in [3.8, 4) is 0 Å². The van der Waals surface area contributed by atoms with Gasteiger partial charge in [-0.25, -0.2) is 0 Å². The van der Waals surface area contributed by atoms with E-state index in [4.69, 9.17) is 0 Å². The molecule has 1 unspecified atom stereocenters. The first-order valence-corrected chi connectivity index (χ1v) is 5.14. The van der Waals surface area contributed by atoms with Crippen LogP contribution in [0, 0.1) is 5.92 Å². The highest BCUT2D eigenvalue weighted by Gasteiger charge is 1.95. The molecule has 0 rings (SSSR count). The summed E-state index contributed by atoms with van der Waals surface area (Å²) in [5, 5.41) is 0. The first-order chi connectivity index (χ1) is 3.81. The Bertz CT molecular complexity index is 47.8. The van der Waals surface area contributed by atoms with Gasteiger partial charge in [-0.2, -0.15) is 12.6 Å². The Morgan fingerprint density at radius 2 is 2.25 bits per heavy atom. The maximum Gasteiger partial charge on any atom is 0.00210 e. The lowest BCUT2D eigenvalue weighted by atomic mass is 10.1. The van der Waals surface area contributed by atoms with Crippen molar-refractivity contribution in [2.75, 3.05) is 10.2 Å². The van der Waals surface area contributed by atoms with Gasteiger partial charge < -0.3 is 0 Å². The minimum Gasteiger partial charge on any atom is -0.179 e. The summed E-state index contributed by atoms with van der Waals surface area (Å²) in [6.45, 7) is 2.29. The van der Waals surface area contributed by atoms with Crippen molar-refractivity contribution in [1.82, 2.24) is 0 Å². The first kappa shape index (κ1) is 9.08. The van der Waals surface area contributed by atoms with Gasteiger partial charge >= 0.3 is 0 Å². The molecule has 0 bridgehead atoms. The smallest absolute Gasteiger partial charge is 0.00210 e. The van der Waals surface area contributed by atoms with Crippen LogP contribution in [0.1, 0.15) is 19.8 Å². The summed E-state index contributed by atoms with van der Waals surface area (Å²) < 4.78 is 1.28. The molecule has 0 aliphatic carbocycles. The average molecular weight is 244 g/mol. The third-order valence-electron chi connectivity index (χ3n) is 1.12. The highest BCUT2D eigenvalue weighted by atomic mass is 127. The molecular formula is C6H13IS. The highest BCUT2D eigenvalue weighted by molar-refractivity contribution is 14.1. The van der Waals surface area contributed by atoms with Crippen molar-refractivity contribution >= 4 is 35.2 Å². The highest BCUT2D eigenvalue weighted by Crippen LogP contribution is 2.08. The topological polar surface area (TPSA) is 0 Å². The van der Waals surface area contributed by atoms with Crippen molar-refractivity contribution < 1.29 is 0 Å². The van der Waals surface area contributed by atoms with Crippen molar-refractivity contribution in [2.45, 2.75) is 19.8 Å². The van der Waals surface area contributed by atoms with E-state index in [9.17, 15) is 0 Å². The second kappa shape index (κ2) is 6.20. The standard InChI is InChI=1S/C6H13IS/c1-6(5-7)3-2-4-8/h6,8H,2-5H2,1H3. The minimum atomic E-state index is 0.891. The third kappa shape index (κ3) is 5.22. The fourth-order valence-corrected chi connectivity index (χ4v) is 1.14. The van der Waals surface area contributed by atoms with E-state index in [1.54, 1.807) is 0 Å². The zero-order valence-corrected chi connectivity index (χ0v) is 8.28. The Balaban J connectivity index is 2.86. The van der Waals surface area contributed by atoms with Crippen LogP contribution in [0.25, 0.3) is 0 Å². The molecule has 0 spiro atoms. The third-order valence-corrected chi connectivity index (χ3v) is 2.94. The van der Waals surface area contributed by atoms with Crippen LogP contribution in [0.3, 0.4) is 0 Å². The number of alkyl halides is 1. The molecule has 0 saturated carbocycles. The number of rotatable bonds is 4.